The summed E-state index contributed by atoms with van der Waals surface area (Å²) in [5.74, 6) is -0.251. The van der Waals surface area contributed by atoms with Gasteiger partial charge in [0.15, 0.2) is 0 Å². The third-order valence-electron chi connectivity index (χ3n) is 2.23. The van der Waals surface area contributed by atoms with Gasteiger partial charge in [0.1, 0.15) is 5.82 Å². The molecule has 0 atom stereocenters. The van der Waals surface area contributed by atoms with Gasteiger partial charge in [-0.1, -0.05) is 6.07 Å². The van der Waals surface area contributed by atoms with Crippen LogP contribution in [-0.4, -0.2) is 16.1 Å². The van der Waals surface area contributed by atoms with Gasteiger partial charge in [0.2, 0.25) is 0 Å². The van der Waals surface area contributed by atoms with Crippen molar-refractivity contribution in [2.45, 2.75) is 6.42 Å². The Hall–Kier alpha value is -1.68. The van der Waals surface area contributed by atoms with E-state index in [1.165, 1.54) is 6.07 Å². The third-order valence-corrected chi connectivity index (χ3v) is 2.23. The number of nitrogens with two attached hydrogens (primary N) is 1. The van der Waals surface area contributed by atoms with Crippen molar-refractivity contribution in [2.24, 2.45) is 5.73 Å². The molecule has 1 aromatic heterocycles. The Labute approximate surface area is 87.4 Å². The summed E-state index contributed by atoms with van der Waals surface area (Å²) < 4.78 is 15.3. The summed E-state index contributed by atoms with van der Waals surface area (Å²) in [4.78, 5) is 3.87. The fraction of sp³-hybridized carbons (Fsp3) is 0.182. The highest BCUT2D eigenvalue weighted by molar-refractivity contribution is 5.36. The van der Waals surface area contributed by atoms with Gasteiger partial charge in [-0.05, 0) is 30.7 Å². The maximum Gasteiger partial charge on any atom is 0.147 e. The van der Waals surface area contributed by atoms with Gasteiger partial charge in [-0.3, -0.25) is 0 Å². The molecule has 1 aromatic carbocycles. The highest BCUT2D eigenvalue weighted by Crippen LogP contribution is 2.14. The highest BCUT2D eigenvalue weighted by atomic mass is 19.1. The average molecular weight is 205 g/mol. The molecule has 2 rings (SSSR count). The number of nitrogens with zero attached hydrogens (tertiary/aromatic N) is 2. The SMILES string of the molecule is NCCc1ccc(-n2ccnc2)c(F)c1. The van der Waals surface area contributed by atoms with E-state index in [0.29, 0.717) is 18.7 Å². The van der Waals surface area contributed by atoms with Gasteiger partial charge in [-0.2, -0.15) is 0 Å². The second-order valence-corrected chi connectivity index (χ2v) is 3.29. The first-order valence-electron chi connectivity index (χ1n) is 4.78. The van der Waals surface area contributed by atoms with E-state index in [0.717, 1.165) is 5.56 Å². The Morgan fingerprint density at radius 1 is 1.40 bits per heavy atom. The van der Waals surface area contributed by atoms with Crippen molar-refractivity contribution >= 4 is 0 Å². The average Bonchev–Trinajstić information content (AvgIpc) is 2.71. The Balaban J connectivity index is 2.35. The summed E-state index contributed by atoms with van der Waals surface area (Å²) in [6.45, 7) is 0.532. The van der Waals surface area contributed by atoms with Crippen molar-refractivity contribution in [2.75, 3.05) is 6.54 Å². The molecular weight excluding hydrogens is 193 g/mol. The van der Waals surface area contributed by atoms with E-state index in [4.69, 9.17) is 5.73 Å². The number of hydrogen-bond acceptors (Lipinski definition) is 2. The van der Waals surface area contributed by atoms with E-state index in [1.807, 2.05) is 6.07 Å². The van der Waals surface area contributed by atoms with Gasteiger partial charge in [-0.15, -0.1) is 0 Å². The molecule has 78 valence electrons. The summed E-state index contributed by atoms with van der Waals surface area (Å²) in [7, 11) is 0. The summed E-state index contributed by atoms with van der Waals surface area (Å²) in [5.41, 5.74) is 6.83. The van der Waals surface area contributed by atoms with Gasteiger partial charge in [-0.25, -0.2) is 9.37 Å². The number of hydrogen-bond donors (Lipinski definition) is 1. The summed E-state index contributed by atoms with van der Waals surface area (Å²) >= 11 is 0. The van der Waals surface area contributed by atoms with Crippen LogP contribution in [0.3, 0.4) is 0 Å². The van der Waals surface area contributed by atoms with Crippen LogP contribution in [0.2, 0.25) is 0 Å². The Morgan fingerprint density at radius 3 is 2.87 bits per heavy atom. The fourth-order valence-corrected chi connectivity index (χ4v) is 1.48. The predicted octanol–water partition coefficient (Wildman–Crippen LogP) is 1.51. The first-order valence-corrected chi connectivity index (χ1v) is 4.78. The molecule has 4 heteroatoms. The van der Waals surface area contributed by atoms with E-state index in [-0.39, 0.29) is 5.82 Å². The van der Waals surface area contributed by atoms with Crippen molar-refractivity contribution in [3.8, 4) is 5.69 Å². The Kier molecular flexibility index (Phi) is 2.78. The molecule has 0 spiro atoms. The van der Waals surface area contributed by atoms with Crippen molar-refractivity contribution in [3.63, 3.8) is 0 Å². The van der Waals surface area contributed by atoms with Crippen LogP contribution in [-0.2, 0) is 6.42 Å². The van der Waals surface area contributed by atoms with Crippen LogP contribution in [0, 0.1) is 5.82 Å². The highest BCUT2D eigenvalue weighted by Gasteiger charge is 2.04. The molecule has 0 aliphatic rings. The predicted molar refractivity (Wildman–Crippen MR) is 56.3 cm³/mol. The minimum atomic E-state index is -0.251. The molecule has 0 radical (unpaired) electrons. The summed E-state index contributed by atoms with van der Waals surface area (Å²) in [5, 5.41) is 0. The van der Waals surface area contributed by atoms with E-state index in [9.17, 15) is 4.39 Å². The maximum absolute atomic E-state index is 13.6. The molecule has 0 unspecified atom stereocenters. The number of rotatable bonds is 3. The van der Waals surface area contributed by atoms with Crippen LogP contribution >= 0.6 is 0 Å². The van der Waals surface area contributed by atoms with Crippen LogP contribution in [0.4, 0.5) is 4.39 Å². The zero-order valence-electron chi connectivity index (χ0n) is 8.23. The summed E-state index contributed by atoms with van der Waals surface area (Å²) in [6.07, 6.45) is 5.59. The molecule has 0 aliphatic heterocycles. The molecule has 2 aromatic rings. The lowest BCUT2D eigenvalue weighted by Crippen LogP contribution is -2.04. The number of halogens is 1. The van der Waals surface area contributed by atoms with Crippen LogP contribution in [0.15, 0.2) is 36.9 Å². The van der Waals surface area contributed by atoms with E-state index >= 15 is 0 Å². The minimum absolute atomic E-state index is 0.251. The first-order chi connectivity index (χ1) is 7.31. The molecular formula is C11H12FN3. The lowest BCUT2D eigenvalue weighted by molar-refractivity contribution is 0.615. The van der Waals surface area contributed by atoms with Crippen LogP contribution in [0.1, 0.15) is 5.56 Å². The van der Waals surface area contributed by atoms with Gasteiger partial charge >= 0.3 is 0 Å². The molecule has 3 nitrogen and oxygen atoms in total. The standard InChI is InChI=1S/C11H12FN3/c12-10-7-9(3-4-13)1-2-11(10)15-6-5-14-8-15/h1-2,5-8H,3-4,13H2. The van der Waals surface area contributed by atoms with Crippen LogP contribution in [0.25, 0.3) is 5.69 Å². The number of imidazole rings is 1. The minimum Gasteiger partial charge on any atom is -0.330 e. The lowest BCUT2D eigenvalue weighted by Gasteiger charge is -2.05. The molecule has 2 N–H and O–H groups in total. The molecule has 0 bridgehead atoms. The van der Waals surface area contributed by atoms with Gasteiger partial charge in [0, 0.05) is 12.4 Å². The molecule has 1 heterocycles. The monoisotopic (exact) mass is 205 g/mol. The second kappa shape index (κ2) is 4.23. The normalized spacial score (nSPS) is 10.5. The third kappa shape index (κ3) is 2.05. The molecule has 0 amide bonds. The topological polar surface area (TPSA) is 43.8 Å². The quantitative estimate of drug-likeness (QED) is 0.825. The lowest BCUT2D eigenvalue weighted by atomic mass is 10.1. The smallest absolute Gasteiger partial charge is 0.147 e. The second-order valence-electron chi connectivity index (χ2n) is 3.29. The van der Waals surface area contributed by atoms with Gasteiger partial charge in [0.25, 0.3) is 0 Å². The zero-order chi connectivity index (χ0) is 10.7. The molecule has 0 aliphatic carbocycles. The molecule has 0 saturated carbocycles. The largest absolute Gasteiger partial charge is 0.330 e. The van der Waals surface area contributed by atoms with E-state index in [2.05, 4.69) is 4.98 Å². The van der Waals surface area contributed by atoms with Crippen molar-refractivity contribution in [1.29, 1.82) is 0 Å². The number of aromatic nitrogens is 2. The molecule has 0 fully saturated rings. The molecule has 0 saturated heterocycles. The maximum atomic E-state index is 13.6. The summed E-state index contributed by atoms with van der Waals surface area (Å²) in [6, 6.07) is 5.13. The number of benzene rings is 1. The van der Waals surface area contributed by atoms with Crippen molar-refractivity contribution in [1.82, 2.24) is 9.55 Å². The van der Waals surface area contributed by atoms with Gasteiger partial charge in [0.05, 0.1) is 12.0 Å². The Bertz CT molecular complexity index is 437. The Morgan fingerprint density at radius 2 is 2.27 bits per heavy atom. The van der Waals surface area contributed by atoms with Gasteiger partial charge < -0.3 is 10.3 Å². The zero-order valence-corrected chi connectivity index (χ0v) is 8.23. The first kappa shape index (κ1) is 9.86. The van der Waals surface area contributed by atoms with Crippen molar-refractivity contribution < 1.29 is 4.39 Å². The van der Waals surface area contributed by atoms with Crippen LogP contribution < -0.4 is 5.73 Å². The molecule has 15 heavy (non-hydrogen) atoms. The van der Waals surface area contributed by atoms with E-state index < -0.39 is 0 Å². The fourth-order valence-electron chi connectivity index (χ4n) is 1.48. The van der Waals surface area contributed by atoms with Crippen molar-refractivity contribution in [3.05, 3.63) is 48.3 Å². The van der Waals surface area contributed by atoms with E-state index in [1.54, 1.807) is 29.4 Å². The van der Waals surface area contributed by atoms with Crippen LogP contribution in [0.5, 0.6) is 0 Å².